The number of urea groups is 1. The van der Waals surface area contributed by atoms with Crippen LogP contribution in [0.2, 0.25) is 0 Å². The van der Waals surface area contributed by atoms with E-state index in [9.17, 15) is 27.6 Å². The molecule has 2 N–H and O–H groups in total. The molecule has 1 aliphatic rings. The quantitative estimate of drug-likeness (QED) is 0.803. The molecule has 23 heavy (non-hydrogen) atoms. The van der Waals surface area contributed by atoms with Crippen molar-refractivity contribution >= 4 is 23.6 Å². The second-order valence-electron chi connectivity index (χ2n) is 4.65. The van der Waals surface area contributed by atoms with Gasteiger partial charge in [0.15, 0.2) is 0 Å². The number of alkyl halides is 3. The highest BCUT2D eigenvalue weighted by atomic mass is 19.4. The number of amides is 3. The topological polar surface area (TPSA) is 95.9 Å². The van der Waals surface area contributed by atoms with E-state index >= 15 is 0 Å². The second-order valence-corrected chi connectivity index (χ2v) is 4.65. The van der Waals surface area contributed by atoms with E-state index in [1.807, 2.05) is 0 Å². The number of hydrogen-bond donors (Lipinski definition) is 2. The van der Waals surface area contributed by atoms with Crippen molar-refractivity contribution in [3.8, 4) is 5.75 Å². The summed E-state index contributed by atoms with van der Waals surface area (Å²) in [7, 11) is 0. The van der Waals surface area contributed by atoms with Gasteiger partial charge in [-0.05, 0) is 30.7 Å². The number of imide groups is 1. The SMILES string of the molecule is O=C(O)CC[C@@H]1NC(=O)N(c2ccc(OC(F)(F)F)cc2)C1=O. The third-order valence-electron chi connectivity index (χ3n) is 2.99. The van der Waals surface area contributed by atoms with Gasteiger partial charge in [-0.15, -0.1) is 13.2 Å². The Morgan fingerprint density at radius 2 is 1.87 bits per heavy atom. The third-order valence-corrected chi connectivity index (χ3v) is 2.99. The van der Waals surface area contributed by atoms with Crippen LogP contribution in [0.3, 0.4) is 0 Å². The van der Waals surface area contributed by atoms with Gasteiger partial charge in [-0.3, -0.25) is 9.59 Å². The zero-order chi connectivity index (χ0) is 17.2. The number of ether oxygens (including phenoxy) is 1. The van der Waals surface area contributed by atoms with Gasteiger partial charge in [-0.1, -0.05) is 0 Å². The van der Waals surface area contributed by atoms with Crippen molar-refractivity contribution in [3.63, 3.8) is 0 Å². The smallest absolute Gasteiger partial charge is 0.481 e. The average molecular weight is 332 g/mol. The Morgan fingerprint density at radius 3 is 2.39 bits per heavy atom. The summed E-state index contributed by atoms with van der Waals surface area (Å²) < 4.78 is 39.9. The van der Waals surface area contributed by atoms with E-state index in [-0.39, 0.29) is 18.5 Å². The minimum Gasteiger partial charge on any atom is -0.481 e. The molecule has 0 unspecified atom stereocenters. The van der Waals surface area contributed by atoms with Crippen LogP contribution < -0.4 is 15.0 Å². The van der Waals surface area contributed by atoms with E-state index in [4.69, 9.17) is 5.11 Å². The highest BCUT2D eigenvalue weighted by Gasteiger charge is 2.39. The molecule has 0 bridgehead atoms. The number of nitrogens with zero attached hydrogens (tertiary/aromatic N) is 1. The number of carboxylic acids is 1. The molecule has 1 aliphatic heterocycles. The number of carboxylic acid groups (broad SMARTS) is 1. The number of carbonyl (C=O) groups excluding carboxylic acids is 2. The number of nitrogens with one attached hydrogen (secondary N) is 1. The van der Waals surface area contributed by atoms with Crippen LogP contribution in [0, 0.1) is 0 Å². The number of rotatable bonds is 5. The molecule has 10 heteroatoms. The van der Waals surface area contributed by atoms with Crippen LogP contribution >= 0.6 is 0 Å². The van der Waals surface area contributed by atoms with Gasteiger partial charge < -0.3 is 15.2 Å². The fraction of sp³-hybridized carbons (Fsp3) is 0.308. The first-order chi connectivity index (χ1) is 10.7. The highest BCUT2D eigenvalue weighted by Crippen LogP contribution is 2.27. The van der Waals surface area contributed by atoms with E-state index in [2.05, 4.69) is 10.1 Å². The molecular formula is C13H11F3N2O5. The number of aliphatic carboxylic acids is 1. The van der Waals surface area contributed by atoms with Crippen LogP contribution in [0.1, 0.15) is 12.8 Å². The normalized spacial score (nSPS) is 18.0. The molecule has 1 heterocycles. The number of benzene rings is 1. The summed E-state index contributed by atoms with van der Waals surface area (Å²) in [5.74, 6) is -2.27. The molecule has 7 nitrogen and oxygen atoms in total. The van der Waals surface area contributed by atoms with Gasteiger partial charge in [0.25, 0.3) is 5.91 Å². The summed E-state index contributed by atoms with van der Waals surface area (Å²) >= 11 is 0. The zero-order valence-electron chi connectivity index (χ0n) is 11.5. The lowest BCUT2D eigenvalue weighted by Gasteiger charge is -2.14. The van der Waals surface area contributed by atoms with Crippen LogP contribution in [0.4, 0.5) is 23.7 Å². The number of carbonyl (C=O) groups is 3. The van der Waals surface area contributed by atoms with Gasteiger partial charge >= 0.3 is 18.4 Å². The predicted molar refractivity (Wildman–Crippen MR) is 69.8 cm³/mol. The Bertz CT molecular complexity index is 629. The van der Waals surface area contributed by atoms with Gasteiger partial charge in [0.2, 0.25) is 0 Å². The molecule has 1 aromatic rings. The summed E-state index contributed by atoms with van der Waals surface area (Å²) in [6, 6.07) is 2.43. The largest absolute Gasteiger partial charge is 0.573 e. The van der Waals surface area contributed by atoms with Gasteiger partial charge in [0, 0.05) is 6.42 Å². The zero-order valence-corrected chi connectivity index (χ0v) is 11.5. The summed E-state index contributed by atoms with van der Waals surface area (Å²) in [6.07, 6.45) is -5.22. The van der Waals surface area contributed by atoms with E-state index < -0.39 is 36.1 Å². The molecule has 0 spiro atoms. The first-order valence-corrected chi connectivity index (χ1v) is 6.39. The fourth-order valence-electron chi connectivity index (χ4n) is 2.04. The van der Waals surface area contributed by atoms with E-state index in [1.165, 1.54) is 0 Å². The molecule has 2 rings (SSSR count). The molecule has 0 radical (unpaired) electrons. The lowest BCUT2D eigenvalue weighted by Crippen LogP contribution is -2.31. The van der Waals surface area contributed by atoms with Crippen molar-refractivity contribution in [2.45, 2.75) is 25.2 Å². The lowest BCUT2D eigenvalue weighted by molar-refractivity contribution is -0.274. The monoisotopic (exact) mass is 332 g/mol. The molecule has 0 aliphatic carbocycles. The van der Waals surface area contributed by atoms with Crippen LogP contribution in [0.15, 0.2) is 24.3 Å². The highest BCUT2D eigenvalue weighted by molar-refractivity contribution is 6.21. The molecule has 124 valence electrons. The average Bonchev–Trinajstić information content (AvgIpc) is 2.71. The summed E-state index contributed by atoms with van der Waals surface area (Å²) in [6.45, 7) is 0. The Labute approximate surface area is 127 Å². The standard InChI is InChI=1S/C13H11F3N2O5/c14-13(15,16)23-8-3-1-7(2-4-8)18-11(21)9(17-12(18)22)5-6-10(19)20/h1-4,9H,5-6H2,(H,17,22)(H,19,20)/t9-/m0/s1. The van der Waals surface area contributed by atoms with Crippen molar-refractivity contribution in [1.82, 2.24) is 5.32 Å². The predicted octanol–water partition coefficient (Wildman–Crippen LogP) is 1.87. The van der Waals surface area contributed by atoms with Crippen LogP contribution in [0.25, 0.3) is 0 Å². The first-order valence-electron chi connectivity index (χ1n) is 6.39. The van der Waals surface area contributed by atoms with Crippen LogP contribution in [-0.2, 0) is 9.59 Å². The maximum atomic E-state index is 12.1. The second kappa shape index (κ2) is 6.15. The summed E-state index contributed by atoms with van der Waals surface area (Å²) in [5.41, 5.74) is 0.0554. The first kappa shape index (κ1) is 16.6. The minimum atomic E-state index is -4.84. The maximum absolute atomic E-state index is 12.1. The fourth-order valence-corrected chi connectivity index (χ4v) is 2.04. The molecule has 1 fully saturated rings. The Kier molecular flexibility index (Phi) is 4.43. The molecule has 1 atom stereocenters. The molecule has 0 saturated carbocycles. The third kappa shape index (κ3) is 4.11. The lowest BCUT2D eigenvalue weighted by atomic mass is 10.1. The van der Waals surface area contributed by atoms with Crippen molar-refractivity contribution in [3.05, 3.63) is 24.3 Å². The van der Waals surface area contributed by atoms with E-state index in [1.54, 1.807) is 0 Å². The minimum absolute atomic E-state index is 0.0554. The van der Waals surface area contributed by atoms with Gasteiger partial charge in [0.1, 0.15) is 11.8 Å². The van der Waals surface area contributed by atoms with Crippen molar-refractivity contribution in [2.75, 3.05) is 4.90 Å². The van der Waals surface area contributed by atoms with Crippen molar-refractivity contribution in [2.24, 2.45) is 0 Å². The Morgan fingerprint density at radius 1 is 1.26 bits per heavy atom. The van der Waals surface area contributed by atoms with Gasteiger partial charge in [0.05, 0.1) is 5.69 Å². The Balaban J connectivity index is 2.10. The van der Waals surface area contributed by atoms with Gasteiger partial charge in [-0.25, -0.2) is 9.69 Å². The van der Waals surface area contributed by atoms with E-state index in [0.717, 1.165) is 29.2 Å². The van der Waals surface area contributed by atoms with Crippen LogP contribution in [0.5, 0.6) is 5.75 Å². The number of halogens is 3. The molecule has 1 aromatic carbocycles. The number of anilines is 1. The number of hydrogen-bond acceptors (Lipinski definition) is 4. The Hall–Kier alpha value is -2.78. The van der Waals surface area contributed by atoms with Crippen molar-refractivity contribution in [1.29, 1.82) is 0 Å². The molecule has 1 saturated heterocycles. The van der Waals surface area contributed by atoms with Crippen LogP contribution in [-0.4, -0.2) is 35.4 Å². The van der Waals surface area contributed by atoms with Gasteiger partial charge in [-0.2, -0.15) is 0 Å². The molecule has 3 amide bonds. The summed E-state index contributed by atoms with van der Waals surface area (Å²) in [5, 5.41) is 10.9. The van der Waals surface area contributed by atoms with Crippen molar-refractivity contribution < 1.29 is 37.4 Å². The molecular weight excluding hydrogens is 321 g/mol. The maximum Gasteiger partial charge on any atom is 0.573 e. The van der Waals surface area contributed by atoms with E-state index in [0.29, 0.717) is 0 Å². The molecule has 0 aromatic heterocycles. The summed E-state index contributed by atoms with van der Waals surface area (Å²) in [4.78, 5) is 35.1.